The van der Waals surface area contributed by atoms with Crippen LogP contribution in [0.25, 0.3) is 0 Å². The van der Waals surface area contributed by atoms with Crippen LogP contribution >= 0.6 is 0 Å². The molecule has 1 atom stereocenters. The first-order chi connectivity index (χ1) is 10.7. The van der Waals surface area contributed by atoms with Gasteiger partial charge in [-0.15, -0.1) is 0 Å². The van der Waals surface area contributed by atoms with Crippen molar-refractivity contribution in [1.82, 2.24) is 4.90 Å². The topological polar surface area (TPSA) is 58.9 Å². The summed E-state index contributed by atoms with van der Waals surface area (Å²) in [5.74, 6) is 0.669. The van der Waals surface area contributed by atoms with E-state index < -0.39 is 0 Å². The molecular weight excluding hydrogens is 282 g/mol. The van der Waals surface area contributed by atoms with E-state index in [1.807, 2.05) is 12.1 Å². The highest BCUT2D eigenvalue weighted by molar-refractivity contribution is 5.51. The van der Waals surface area contributed by atoms with Crippen LogP contribution in [0, 0.1) is 16.0 Å². The van der Waals surface area contributed by atoms with Crippen molar-refractivity contribution < 1.29 is 9.66 Å². The molecule has 2 saturated heterocycles. The Balaban J connectivity index is 1.58. The average molecular weight is 305 g/mol. The Morgan fingerprint density at radius 2 is 1.91 bits per heavy atom. The number of morpholine rings is 1. The van der Waals surface area contributed by atoms with E-state index in [0.29, 0.717) is 5.92 Å². The molecule has 0 radical (unpaired) electrons. The van der Waals surface area contributed by atoms with Crippen molar-refractivity contribution in [1.29, 1.82) is 0 Å². The second-order valence-corrected chi connectivity index (χ2v) is 6.14. The largest absolute Gasteiger partial charge is 0.379 e. The summed E-state index contributed by atoms with van der Waals surface area (Å²) >= 11 is 0. The molecule has 6 heteroatoms. The highest BCUT2D eigenvalue weighted by Crippen LogP contribution is 2.25. The number of anilines is 1. The van der Waals surface area contributed by atoms with E-state index >= 15 is 0 Å². The maximum atomic E-state index is 10.7. The second kappa shape index (κ2) is 7.07. The minimum Gasteiger partial charge on any atom is -0.379 e. The lowest BCUT2D eigenvalue weighted by Crippen LogP contribution is -2.44. The Kier molecular flexibility index (Phi) is 4.90. The molecule has 0 saturated carbocycles. The molecule has 1 aromatic carbocycles. The molecule has 2 aliphatic rings. The fourth-order valence-electron chi connectivity index (χ4n) is 3.38. The van der Waals surface area contributed by atoms with Gasteiger partial charge >= 0.3 is 0 Å². The fourth-order valence-corrected chi connectivity index (χ4v) is 3.38. The van der Waals surface area contributed by atoms with Gasteiger partial charge in [0.1, 0.15) is 0 Å². The lowest BCUT2D eigenvalue weighted by molar-refractivity contribution is -0.384. The van der Waals surface area contributed by atoms with E-state index in [0.717, 1.165) is 51.6 Å². The normalized spacial score (nSPS) is 23.5. The lowest BCUT2D eigenvalue weighted by atomic mass is 9.96. The smallest absolute Gasteiger partial charge is 0.269 e. The lowest BCUT2D eigenvalue weighted by Gasteiger charge is -2.37. The van der Waals surface area contributed by atoms with Gasteiger partial charge in [0.25, 0.3) is 5.69 Å². The van der Waals surface area contributed by atoms with E-state index in [1.54, 1.807) is 12.1 Å². The number of rotatable bonds is 4. The molecule has 120 valence electrons. The number of nitrogens with zero attached hydrogens (tertiary/aromatic N) is 3. The average Bonchev–Trinajstić information content (AvgIpc) is 2.56. The summed E-state index contributed by atoms with van der Waals surface area (Å²) < 4.78 is 5.40. The van der Waals surface area contributed by atoms with Gasteiger partial charge in [0.2, 0.25) is 0 Å². The second-order valence-electron chi connectivity index (χ2n) is 6.14. The molecule has 3 rings (SSSR count). The van der Waals surface area contributed by atoms with Crippen LogP contribution in [-0.4, -0.2) is 55.8 Å². The van der Waals surface area contributed by atoms with Crippen molar-refractivity contribution in [3.05, 3.63) is 34.4 Å². The molecular formula is C16H23N3O3. The van der Waals surface area contributed by atoms with Gasteiger partial charge in [0, 0.05) is 50.5 Å². The number of hydrogen-bond donors (Lipinski definition) is 0. The molecule has 0 amide bonds. The van der Waals surface area contributed by atoms with Crippen LogP contribution in [0.3, 0.4) is 0 Å². The molecule has 1 aromatic rings. The SMILES string of the molecule is O=[N+]([O-])c1ccc(N2CCC[C@@H](CN3CCOCC3)C2)cc1. The van der Waals surface area contributed by atoms with Gasteiger partial charge in [-0.1, -0.05) is 0 Å². The Labute approximate surface area is 130 Å². The van der Waals surface area contributed by atoms with Crippen molar-refractivity contribution in [3.63, 3.8) is 0 Å². The van der Waals surface area contributed by atoms with Crippen molar-refractivity contribution >= 4 is 11.4 Å². The summed E-state index contributed by atoms with van der Waals surface area (Å²) in [7, 11) is 0. The predicted octanol–water partition coefficient (Wildman–Crippen LogP) is 2.14. The minimum atomic E-state index is -0.346. The molecule has 2 aliphatic heterocycles. The first kappa shape index (κ1) is 15.2. The van der Waals surface area contributed by atoms with Crippen molar-refractivity contribution in [2.45, 2.75) is 12.8 Å². The Morgan fingerprint density at radius 1 is 1.18 bits per heavy atom. The van der Waals surface area contributed by atoms with E-state index in [4.69, 9.17) is 4.74 Å². The molecule has 0 N–H and O–H groups in total. The number of ether oxygens (including phenoxy) is 1. The maximum absolute atomic E-state index is 10.7. The predicted molar refractivity (Wildman–Crippen MR) is 85.3 cm³/mol. The van der Waals surface area contributed by atoms with Gasteiger partial charge in [0.15, 0.2) is 0 Å². The van der Waals surface area contributed by atoms with Gasteiger partial charge in [-0.2, -0.15) is 0 Å². The zero-order chi connectivity index (χ0) is 15.4. The molecule has 0 bridgehead atoms. The third kappa shape index (κ3) is 3.75. The summed E-state index contributed by atoms with van der Waals surface area (Å²) in [6.07, 6.45) is 2.45. The van der Waals surface area contributed by atoms with Crippen LogP contribution in [0.15, 0.2) is 24.3 Å². The summed E-state index contributed by atoms with van der Waals surface area (Å²) in [5.41, 5.74) is 1.25. The standard InChI is InChI=1S/C16H23N3O3/c20-19(21)16-5-3-15(4-6-16)18-7-1-2-14(13-18)12-17-8-10-22-11-9-17/h3-6,14H,1-2,7-13H2/t14-/m0/s1. The zero-order valence-corrected chi connectivity index (χ0v) is 12.8. The molecule has 0 aliphatic carbocycles. The fraction of sp³-hybridized carbons (Fsp3) is 0.625. The summed E-state index contributed by atoms with van der Waals surface area (Å²) in [5, 5.41) is 10.7. The van der Waals surface area contributed by atoms with Crippen LogP contribution in [0.1, 0.15) is 12.8 Å². The molecule has 22 heavy (non-hydrogen) atoms. The Morgan fingerprint density at radius 3 is 2.59 bits per heavy atom. The van der Waals surface area contributed by atoms with Crippen molar-refractivity contribution in [3.8, 4) is 0 Å². The van der Waals surface area contributed by atoms with Gasteiger partial charge in [-0.05, 0) is 30.9 Å². The number of nitro benzene ring substituents is 1. The van der Waals surface area contributed by atoms with Crippen LogP contribution in [0.5, 0.6) is 0 Å². The Hall–Kier alpha value is -1.66. The quantitative estimate of drug-likeness (QED) is 0.630. The van der Waals surface area contributed by atoms with Crippen molar-refractivity contribution in [2.24, 2.45) is 5.92 Å². The monoisotopic (exact) mass is 305 g/mol. The first-order valence-corrected chi connectivity index (χ1v) is 8.02. The van der Waals surface area contributed by atoms with Gasteiger partial charge in [0.05, 0.1) is 18.1 Å². The summed E-state index contributed by atoms with van der Waals surface area (Å²) in [6.45, 7) is 6.97. The number of hydrogen-bond acceptors (Lipinski definition) is 5. The highest BCUT2D eigenvalue weighted by atomic mass is 16.6. The molecule has 0 aromatic heterocycles. The highest BCUT2D eigenvalue weighted by Gasteiger charge is 2.23. The van der Waals surface area contributed by atoms with Gasteiger partial charge < -0.3 is 9.64 Å². The van der Waals surface area contributed by atoms with Gasteiger partial charge in [-0.3, -0.25) is 15.0 Å². The van der Waals surface area contributed by atoms with E-state index in [9.17, 15) is 10.1 Å². The van der Waals surface area contributed by atoms with Crippen LogP contribution < -0.4 is 4.90 Å². The van der Waals surface area contributed by atoms with Crippen LogP contribution in [0.4, 0.5) is 11.4 Å². The minimum absolute atomic E-state index is 0.158. The maximum Gasteiger partial charge on any atom is 0.269 e. The molecule has 2 fully saturated rings. The number of piperidine rings is 1. The van der Waals surface area contributed by atoms with E-state index in [2.05, 4.69) is 9.80 Å². The van der Waals surface area contributed by atoms with E-state index in [-0.39, 0.29) is 10.6 Å². The summed E-state index contributed by atoms with van der Waals surface area (Å²) in [4.78, 5) is 15.2. The third-order valence-electron chi connectivity index (χ3n) is 4.56. The van der Waals surface area contributed by atoms with Gasteiger partial charge in [-0.25, -0.2) is 0 Å². The summed E-state index contributed by atoms with van der Waals surface area (Å²) in [6, 6.07) is 6.94. The van der Waals surface area contributed by atoms with Crippen LogP contribution in [-0.2, 0) is 4.74 Å². The Bertz CT molecular complexity index is 500. The van der Waals surface area contributed by atoms with E-state index in [1.165, 1.54) is 12.8 Å². The van der Waals surface area contributed by atoms with Crippen LogP contribution in [0.2, 0.25) is 0 Å². The van der Waals surface area contributed by atoms with Crippen molar-refractivity contribution in [2.75, 3.05) is 50.8 Å². The zero-order valence-electron chi connectivity index (χ0n) is 12.8. The third-order valence-corrected chi connectivity index (χ3v) is 4.56. The molecule has 0 spiro atoms. The molecule has 0 unspecified atom stereocenters. The number of non-ortho nitro benzene ring substituents is 1. The first-order valence-electron chi connectivity index (χ1n) is 8.02. The molecule has 6 nitrogen and oxygen atoms in total. The number of nitro groups is 1. The number of benzene rings is 1. The molecule has 2 heterocycles.